The summed E-state index contributed by atoms with van der Waals surface area (Å²) in [7, 11) is 2.97. The first kappa shape index (κ1) is 21.2. The third kappa shape index (κ3) is 3.62. The number of hydrogen-bond acceptors (Lipinski definition) is 5. The van der Waals surface area contributed by atoms with Gasteiger partial charge in [-0.3, -0.25) is 9.59 Å². The van der Waals surface area contributed by atoms with Gasteiger partial charge in [-0.15, -0.1) is 0 Å². The van der Waals surface area contributed by atoms with Crippen LogP contribution in [0.5, 0.6) is 17.2 Å². The number of phenolic OH excluding ortho intramolecular Hbond substituents is 1. The number of carboxylic acid groups (broad SMARTS) is 1. The fourth-order valence-corrected chi connectivity index (χ4v) is 4.29. The highest BCUT2D eigenvalue weighted by molar-refractivity contribution is 6.00. The second kappa shape index (κ2) is 8.63. The molecule has 3 aromatic rings. The zero-order valence-electron chi connectivity index (χ0n) is 17.7. The number of ether oxygens (including phenoxy) is 2. The molecule has 0 fully saturated rings. The highest BCUT2D eigenvalue weighted by Gasteiger charge is 2.45. The van der Waals surface area contributed by atoms with Crippen molar-refractivity contribution < 1.29 is 29.3 Å². The molecule has 3 aromatic carbocycles. The number of nitrogens with zero attached hydrogens (tertiary/aromatic N) is 1. The van der Waals surface area contributed by atoms with Crippen molar-refractivity contribution in [1.82, 2.24) is 4.90 Å². The molecule has 2 N–H and O–H groups in total. The van der Waals surface area contributed by atoms with E-state index in [1.807, 2.05) is 12.1 Å². The Kier molecular flexibility index (Phi) is 5.73. The van der Waals surface area contributed by atoms with Gasteiger partial charge < -0.3 is 24.6 Å². The molecule has 164 valence electrons. The molecule has 4 rings (SSSR count). The van der Waals surface area contributed by atoms with E-state index in [-0.39, 0.29) is 24.0 Å². The van der Waals surface area contributed by atoms with Gasteiger partial charge in [0.1, 0.15) is 11.7 Å². The van der Waals surface area contributed by atoms with Crippen molar-refractivity contribution in [3.8, 4) is 17.2 Å². The number of phenols is 1. The molecule has 0 bridgehead atoms. The van der Waals surface area contributed by atoms with E-state index in [1.54, 1.807) is 61.7 Å². The van der Waals surface area contributed by atoms with Crippen LogP contribution in [0.25, 0.3) is 0 Å². The number of fused-ring (bicyclic) bond motifs is 1. The maximum Gasteiger partial charge on any atom is 0.313 e. The van der Waals surface area contributed by atoms with E-state index in [0.29, 0.717) is 22.4 Å². The van der Waals surface area contributed by atoms with Crippen LogP contribution in [0.15, 0.2) is 66.7 Å². The summed E-state index contributed by atoms with van der Waals surface area (Å²) in [6.45, 7) is 0.134. The molecule has 7 heteroatoms. The first-order valence-electron chi connectivity index (χ1n) is 10.1. The lowest BCUT2D eigenvalue weighted by Crippen LogP contribution is -2.44. The van der Waals surface area contributed by atoms with Crippen molar-refractivity contribution in [2.75, 3.05) is 14.2 Å². The van der Waals surface area contributed by atoms with Crippen molar-refractivity contribution in [2.45, 2.75) is 18.5 Å². The topological polar surface area (TPSA) is 96.3 Å². The summed E-state index contributed by atoms with van der Waals surface area (Å²) < 4.78 is 10.5. The van der Waals surface area contributed by atoms with Gasteiger partial charge in [-0.2, -0.15) is 0 Å². The fourth-order valence-electron chi connectivity index (χ4n) is 4.29. The summed E-state index contributed by atoms with van der Waals surface area (Å²) in [5.74, 6) is -1.83. The molecule has 7 nitrogen and oxygen atoms in total. The number of para-hydroxylation sites is 1. The van der Waals surface area contributed by atoms with E-state index in [4.69, 9.17) is 9.47 Å². The van der Waals surface area contributed by atoms with Crippen LogP contribution in [0.2, 0.25) is 0 Å². The van der Waals surface area contributed by atoms with Gasteiger partial charge in [0.2, 0.25) is 0 Å². The number of aromatic hydroxyl groups is 1. The lowest BCUT2D eigenvalue weighted by molar-refractivity contribution is -0.140. The molecule has 0 saturated carbocycles. The van der Waals surface area contributed by atoms with Crippen LogP contribution in [0.4, 0.5) is 0 Å². The fraction of sp³-hybridized carbons (Fsp3) is 0.200. The largest absolute Gasteiger partial charge is 0.504 e. The van der Waals surface area contributed by atoms with Crippen LogP contribution in [0.1, 0.15) is 39.0 Å². The highest BCUT2D eigenvalue weighted by Crippen LogP contribution is 2.47. The van der Waals surface area contributed by atoms with Crippen molar-refractivity contribution in [3.05, 3.63) is 89.0 Å². The van der Waals surface area contributed by atoms with Crippen LogP contribution < -0.4 is 9.47 Å². The lowest BCUT2D eigenvalue weighted by Gasteiger charge is -2.41. The number of benzene rings is 3. The van der Waals surface area contributed by atoms with Gasteiger partial charge in [0.15, 0.2) is 11.5 Å². The van der Waals surface area contributed by atoms with Crippen molar-refractivity contribution in [3.63, 3.8) is 0 Å². The van der Waals surface area contributed by atoms with Crippen molar-refractivity contribution >= 4 is 11.9 Å². The average Bonchev–Trinajstić information content (AvgIpc) is 2.81. The minimum Gasteiger partial charge on any atom is -0.504 e. The zero-order valence-corrected chi connectivity index (χ0v) is 17.7. The molecule has 0 aliphatic carbocycles. The molecule has 0 spiro atoms. The molecule has 32 heavy (non-hydrogen) atoms. The molecule has 1 amide bonds. The van der Waals surface area contributed by atoms with Gasteiger partial charge >= 0.3 is 5.97 Å². The number of carbonyl (C=O) groups excluding carboxylic acids is 1. The van der Waals surface area contributed by atoms with Crippen LogP contribution in [-0.4, -0.2) is 41.2 Å². The summed E-state index contributed by atoms with van der Waals surface area (Å²) in [5.41, 5.74) is 1.83. The molecule has 1 aliphatic heterocycles. The summed E-state index contributed by atoms with van der Waals surface area (Å²) >= 11 is 0. The number of methoxy groups -OCH3 is 2. The van der Waals surface area contributed by atoms with Crippen LogP contribution in [0.3, 0.4) is 0 Å². The third-order valence-corrected chi connectivity index (χ3v) is 5.76. The lowest BCUT2D eigenvalue weighted by atomic mass is 9.79. The van der Waals surface area contributed by atoms with Crippen molar-refractivity contribution in [2.24, 2.45) is 0 Å². The number of hydrogen-bond donors (Lipinski definition) is 2. The minimum atomic E-state index is -1.09. The minimum absolute atomic E-state index is 0.134. The normalized spacial score (nSPS) is 17.6. The maximum atomic E-state index is 13.6. The van der Waals surface area contributed by atoms with E-state index in [0.717, 1.165) is 5.56 Å². The molecular formula is C25H23NO6. The molecule has 0 radical (unpaired) electrons. The highest BCUT2D eigenvalue weighted by atomic mass is 16.5. The van der Waals surface area contributed by atoms with Gasteiger partial charge in [0, 0.05) is 17.7 Å². The standard InChI is InChI=1S/C25H23NO6/c1-31-16-8-5-7-15(13-16)14-26-22(19-11-6-12-20(32-2)23(19)27)21(25(29)30)17-9-3-4-10-18(17)24(26)28/h3-13,21-22,27H,14H2,1-2H3,(H,29,30)/t21-,22+/m0/s1. The Balaban J connectivity index is 1.92. The van der Waals surface area contributed by atoms with Gasteiger partial charge in [0.05, 0.1) is 20.3 Å². The Labute approximate surface area is 185 Å². The first-order valence-corrected chi connectivity index (χ1v) is 10.1. The number of carbonyl (C=O) groups is 2. The van der Waals surface area contributed by atoms with Gasteiger partial charge in [-0.05, 0) is 35.4 Å². The summed E-state index contributed by atoms with van der Waals surface area (Å²) in [5, 5.41) is 21.1. The van der Waals surface area contributed by atoms with Gasteiger partial charge in [0.25, 0.3) is 5.91 Å². The first-order chi connectivity index (χ1) is 15.5. The SMILES string of the molecule is COc1cccc(CN2C(=O)c3ccccc3[C@H](C(=O)O)[C@H]2c2cccc(OC)c2O)c1. The second-order valence-corrected chi connectivity index (χ2v) is 7.53. The molecule has 2 atom stereocenters. The molecule has 1 heterocycles. The van der Waals surface area contributed by atoms with Crippen LogP contribution in [0, 0.1) is 0 Å². The van der Waals surface area contributed by atoms with E-state index >= 15 is 0 Å². The van der Waals surface area contributed by atoms with E-state index < -0.39 is 17.9 Å². The summed E-state index contributed by atoms with van der Waals surface area (Å²) in [6.07, 6.45) is 0. The van der Waals surface area contributed by atoms with Crippen molar-refractivity contribution in [1.29, 1.82) is 0 Å². The van der Waals surface area contributed by atoms with Crippen LogP contribution >= 0.6 is 0 Å². The third-order valence-electron chi connectivity index (χ3n) is 5.76. The Morgan fingerprint density at radius 1 is 0.969 bits per heavy atom. The van der Waals surface area contributed by atoms with Gasteiger partial charge in [-0.25, -0.2) is 0 Å². The van der Waals surface area contributed by atoms with E-state index in [1.165, 1.54) is 12.0 Å². The van der Waals surface area contributed by atoms with Crippen LogP contribution in [-0.2, 0) is 11.3 Å². The van der Waals surface area contributed by atoms with E-state index in [2.05, 4.69) is 0 Å². The second-order valence-electron chi connectivity index (χ2n) is 7.53. The Morgan fingerprint density at radius 2 is 1.69 bits per heavy atom. The Bertz CT molecular complexity index is 1170. The molecule has 0 saturated heterocycles. The predicted molar refractivity (Wildman–Crippen MR) is 117 cm³/mol. The monoisotopic (exact) mass is 433 g/mol. The Morgan fingerprint density at radius 3 is 2.41 bits per heavy atom. The summed E-state index contributed by atoms with van der Waals surface area (Å²) in [4.78, 5) is 27.6. The maximum absolute atomic E-state index is 13.6. The number of carboxylic acids is 1. The quantitative estimate of drug-likeness (QED) is 0.611. The number of aliphatic carboxylic acids is 1. The molecule has 1 aliphatic rings. The Hall–Kier alpha value is -4.00. The summed E-state index contributed by atoms with van der Waals surface area (Å²) in [6, 6.07) is 17.9. The average molecular weight is 433 g/mol. The molecule has 0 aromatic heterocycles. The smallest absolute Gasteiger partial charge is 0.313 e. The van der Waals surface area contributed by atoms with Gasteiger partial charge in [-0.1, -0.05) is 42.5 Å². The molecule has 0 unspecified atom stereocenters. The predicted octanol–water partition coefficient (Wildman–Crippen LogP) is 3.97. The van der Waals surface area contributed by atoms with E-state index in [9.17, 15) is 19.8 Å². The zero-order chi connectivity index (χ0) is 22.8. The number of rotatable bonds is 6. The molecular weight excluding hydrogens is 410 g/mol. The number of amides is 1.